The third kappa shape index (κ3) is 11.1. The number of hydrogen-bond acceptors (Lipinski definition) is 5. The molecular formula is C17H42O5Si4. The average molecular weight is 439 g/mol. The van der Waals surface area contributed by atoms with Gasteiger partial charge in [-0.25, -0.2) is 0 Å². The third-order valence-electron chi connectivity index (χ3n) is 3.64. The van der Waals surface area contributed by atoms with Crippen molar-refractivity contribution in [3.05, 3.63) is 0 Å². The molecule has 0 rings (SSSR count). The summed E-state index contributed by atoms with van der Waals surface area (Å²) in [5.74, 6) is -0.136. The van der Waals surface area contributed by atoms with Crippen LogP contribution in [0.4, 0.5) is 0 Å². The Bertz CT molecular complexity index is 425. The quantitative estimate of drug-likeness (QED) is 0.244. The number of hydrogen-bond donors (Lipinski definition) is 0. The van der Waals surface area contributed by atoms with Crippen molar-refractivity contribution in [3.8, 4) is 0 Å². The van der Waals surface area contributed by atoms with E-state index in [1.807, 2.05) is 20.8 Å². The first-order chi connectivity index (χ1) is 11.5. The van der Waals surface area contributed by atoms with Crippen LogP contribution < -0.4 is 0 Å². The van der Waals surface area contributed by atoms with Crippen molar-refractivity contribution in [2.45, 2.75) is 92.0 Å². The van der Waals surface area contributed by atoms with Crippen molar-refractivity contribution >= 4 is 40.4 Å². The molecule has 0 fully saturated rings. The lowest BCUT2D eigenvalue weighted by Crippen LogP contribution is -2.58. The maximum Gasteiger partial charge on any atom is 0.469 e. The summed E-state index contributed by atoms with van der Waals surface area (Å²) in [5, 5.41) is 0. The molecule has 0 bridgehead atoms. The number of carbonyl (C=O) groups excluding carboxylic acids is 1. The van der Waals surface area contributed by atoms with Crippen molar-refractivity contribution in [1.82, 2.24) is 0 Å². The van der Waals surface area contributed by atoms with Gasteiger partial charge >= 0.3 is 14.8 Å². The van der Waals surface area contributed by atoms with E-state index in [0.29, 0.717) is 19.1 Å². The van der Waals surface area contributed by atoms with E-state index in [9.17, 15) is 4.79 Å². The highest BCUT2D eigenvalue weighted by Crippen LogP contribution is 2.28. The summed E-state index contributed by atoms with van der Waals surface area (Å²) >= 11 is 0. The van der Waals surface area contributed by atoms with Gasteiger partial charge in [-0.3, -0.25) is 4.79 Å². The molecule has 0 spiro atoms. The number of ether oxygens (including phenoxy) is 1. The lowest BCUT2D eigenvalue weighted by molar-refractivity contribution is -0.154. The van der Waals surface area contributed by atoms with Crippen LogP contribution in [0.15, 0.2) is 0 Å². The highest BCUT2D eigenvalue weighted by Gasteiger charge is 2.47. The summed E-state index contributed by atoms with van der Waals surface area (Å²) in [4.78, 5) is 12.2. The van der Waals surface area contributed by atoms with Crippen LogP contribution in [0.1, 0.15) is 33.6 Å². The van der Waals surface area contributed by atoms with Gasteiger partial charge < -0.3 is 17.1 Å². The standard InChI is InChI=1S/C17H42O5Si4/c1-12-17(2,3)16(18)19-14-13-15-26(20-23(4)5,21-24(6,7)8)22-25(9,10)11/h23H,12-15H2,1-11H3. The molecule has 0 saturated heterocycles. The third-order valence-corrected chi connectivity index (χ3v) is 15.3. The highest BCUT2D eigenvalue weighted by molar-refractivity contribution is 6.87. The molecule has 0 aromatic rings. The minimum Gasteiger partial charge on any atom is -0.465 e. The maximum atomic E-state index is 12.2. The van der Waals surface area contributed by atoms with Gasteiger partial charge in [0.1, 0.15) is 0 Å². The number of rotatable bonds is 12. The zero-order valence-electron chi connectivity index (χ0n) is 18.9. The summed E-state index contributed by atoms with van der Waals surface area (Å²) in [7, 11) is -7.75. The van der Waals surface area contributed by atoms with Crippen LogP contribution in [0, 0.1) is 5.41 Å². The minimum atomic E-state index is -2.76. The normalized spacial score (nSPS) is 14.0. The van der Waals surface area contributed by atoms with Gasteiger partial charge in [0.2, 0.25) is 0 Å². The molecule has 0 unspecified atom stereocenters. The first-order valence-corrected chi connectivity index (χ1v) is 21.3. The smallest absolute Gasteiger partial charge is 0.465 e. The van der Waals surface area contributed by atoms with Gasteiger partial charge in [0.25, 0.3) is 0 Å². The maximum absolute atomic E-state index is 12.2. The molecule has 0 amide bonds. The van der Waals surface area contributed by atoms with Gasteiger partial charge in [0, 0.05) is 6.04 Å². The Morgan fingerprint density at radius 1 is 0.962 bits per heavy atom. The molecule has 0 aliphatic heterocycles. The molecule has 0 aromatic heterocycles. The van der Waals surface area contributed by atoms with E-state index in [2.05, 4.69) is 52.4 Å². The van der Waals surface area contributed by atoms with Crippen LogP contribution in [0.3, 0.4) is 0 Å². The van der Waals surface area contributed by atoms with Crippen molar-refractivity contribution in [2.24, 2.45) is 5.41 Å². The molecule has 9 heteroatoms. The second-order valence-corrected chi connectivity index (χ2v) is 24.7. The Morgan fingerprint density at radius 3 is 1.77 bits per heavy atom. The Kier molecular flexibility index (Phi) is 10.2. The predicted molar refractivity (Wildman–Crippen MR) is 119 cm³/mol. The van der Waals surface area contributed by atoms with Gasteiger partial charge in [-0.05, 0) is 79.1 Å². The summed E-state index contributed by atoms with van der Waals surface area (Å²) in [6, 6.07) is 0.715. The van der Waals surface area contributed by atoms with Crippen molar-refractivity contribution < 1.29 is 21.9 Å². The molecule has 5 nitrogen and oxygen atoms in total. The molecular weight excluding hydrogens is 397 g/mol. The van der Waals surface area contributed by atoms with Gasteiger partial charge in [-0.2, -0.15) is 0 Å². The van der Waals surface area contributed by atoms with Crippen LogP contribution in [0.25, 0.3) is 0 Å². The Hall–Kier alpha value is 0.218. The average Bonchev–Trinajstić information content (AvgIpc) is 2.38. The second kappa shape index (κ2) is 10.1. The van der Waals surface area contributed by atoms with E-state index in [1.165, 1.54) is 0 Å². The monoisotopic (exact) mass is 438 g/mol. The summed E-state index contributed by atoms with van der Waals surface area (Å²) in [5.41, 5.74) is -0.431. The zero-order valence-corrected chi connectivity index (χ0v) is 23.1. The molecule has 156 valence electrons. The van der Waals surface area contributed by atoms with Crippen molar-refractivity contribution in [3.63, 3.8) is 0 Å². The molecule has 0 radical (unpaired) electrons. The second-order valence-electron chi connectivity index (χ2n) is 9.76. The first kappa shape index (κ1) is 26.2. The van der Waals surface area contributed by atoms with Crippen molar-refractivity contribution in [1.29, 1.82) is 0 Å². The summed E-state index contributed by atoms with van der Waals surface area (Å²) < 4.78 is 25.1. The summed E-state index contributed by atoms with van der Waals surface area (Å²) in [6.07, 6.45) is 1.48. The van der Waals surface area contributed by atoms with E-state index >= 15 is 0 Å². The van der Waals surface area contributed by atoms with Crippen LogP contribution >= 0.6 is 0 Å². The van der Waals surface area contributed by atoms with E-state index < -0.39 is 39.9 Å². The lowest BCUT2D eigenvalue weighted by atomic mass is 9.91. The first-order valence-electron chi connectivity index (χ1n) is 9.77. The van der Waals surface area contributed by atoms with Crippen LogP contribution in [-0.2, 0) is 21.9 Å². The summed E-state index contributed by atoms with van der Waals surface area (Å²) in [6.45, 7) is 23.6. The van der Waals surface area contributed by atoms with E-state index in [-0.39, 0.29) is 5.97 Å². The Labute approximate surface area is 166 Å². The fourth-order valence-corrected chi connectivity index (χ4v) is 16.3. The van der Waals surface area contributed by atoms with Gasteiger partial charge in [0.05, 0.1) is 12.0 Å². The molecule has 0 aliphatic carbocycles. The van der Waals surface area contributed by atoms with E-state index in [1.54, 1.807) is 0 Å². The molecule has 0 atom stereocenters. The molecule has 0 aromatic carbocycles. The molecule has 0 N–H and O–H groups in total. The Morgan fingerprint density at radius 2 is 1.42 bits per heavy atom. The fraction of sp³-hybridized carbons (Fsp3) is 0.941. The van der Waals surface area contributed by atoms with Gasteiger partial charge in [-0.1, -0.05) is 6.92 Å². The minimum absolute atomic E-state index is 0.136. The topological polar surface area (TPSA) is 54.0 Å². The highest BCUT2D eigenvalue weighted by atomic mass is 28.5. The predicted octanol–water partition coefficient (Wildman–Crippen LogP) is 5.00. The van der Waals surface area contributed by atoms with Crippen LogP contribution in [-0.4, -0.2) is 47.1 Å². The fourth-order valence-electron chi connectivity index (χ4n) is 2.32. The van der Waals surface area contributed by atoms with E-state index in [4.69, 9.17) is 17.1 Å². The molecule has 0 aliphatic rings. The SMILES string of the molecule is CCC(C)(C)C(=O)OCCC[Si](O[SiH](C)C)(O[Si](C)(C)C)O[Si](C)(C)C. The van der Waals surface area contributed by atoms with Crippen molar-refractivity contribution in [2.75, 3.05) is 6.61 Å². The van der Waals surface area contributed by atoms with Gasteiger partial charge in [0.15, 0.2) is 25.7 Å². The van der Waals surface area contributed by atoms with E-state index in [0.717, 1.165) is 6.42 Å². The molecule has 26 heavy (non-hydrogen) atoms. The number of carbonyl (C=O) groups is 1. The Balaban J connectivity index is 5.12. The molecule has 0 heterocycles. The largest absolute Gasteiger partial charge is 0.469 e. The van der Waals surface area contributed by atoms with Gasteiger partial charge in [-0.15, -0.1) is 0 Å². The zero-order chi connectivity index (χ0) is 20.8. The van der Waals surface area contributed by atoms with Crippen LogP contribution in [0.5, 0.6) is 0 Å². The van der Waals surface area contributed by atoms with Crippen LogP contribution in [0.2, 0.25) is 58.4 Å². The molecule has 0 saturated carbocycles. The lowest BCUT2D eigenvalue weighted by Gasteiger charge is -2.40. The number of esters is 1.